The fraction of sp³-hybridized carbons (Fsp3) is 0.591. The molecule has 3 fully saturated rings. The number of nitrogens with one attached hydrogen (secondary N) is 2. The minimum absolute atomic E-state index is 0.107. The van der Waals surface area contributed by atoms with Crippen molar-refractivity contribution in [3.8, 4) is 0 Å². The van der Waals surface area contributed by atoms with Crippen LogP contribution in [0.25, 0.3) is 0 Å². The highest BCUT2D eigenvalue weighted by molar-refractivity contribution is 6.05. The Bertz CT molecular complexity index is 858. The molecule has 29 heavy (non-hydrogen) atoms. The fourth-order valence-corrected chi connectivity index (χ4v) is 5.53. The summed E-state index contributed by atoms with van der Waals surface area (Å²) in [5, 5.41) is 6.05. The van der Waals surface area contributed by atoms with Gasteiger partial charge in [0.15, 0.2) is 0 Å². The maximum atomic E-state index is 12.8. The van der Waals surface area contributed by atoms with Gasteiger partial charge >= 0.3 is 0 Å². The van der Waals surface area contributed by atoms with Gasteiger partial charge in [-0.05, 0) is 56.3 Å². The van der Waals surface area contributed by atoms with Gasteiger partial charge in [0.1, 0.15) is 6.04 Å². The van der Waals surface area contributed by atoms with Gasteiger partial charge in [-0.1, -0.05) is 12.1 Å². The van der Waals surface area contributed by atoms with Crippen molar-refractivity contribution in [2.24, 2.45) is 0 Å². The van der Waals surface area contributed by atoms with Gasteiger partial charge in [0.2, 0.25) is 11.8 Å². The SMILES string of the molecule is CN(Cc1ccc2c(c1)CN(C1CCC(=O)NC1=O)C2=O)C1CC2CCC(C1)N2. The van der Waals surface area contributed by atoms with Crippen molar-refractivity contribution >= 4 is 17.7 Å². The summed E-state index contributed by atoms with van der Waals surface area (Å²) >= 11 is 0. The minimum atomic E-state index is -0.552. The number of hydrogen-bond donors (Lipinski definition) is 2. The Morgan fingerprint density at radius 3 is 2.59 bits per heavy atom. The zero-order chi connectivity index (χ0) is 20.1. The Morgan fingerprint density at radius 1 is 1.10 bits per heavy atom. The van der Waals surface area contributed by atoms with Crippen molar-refractivity contribution in [1.82, 2.24) is 20.4 Å². The van der Waals surface area contributed by atoms with E-state index in [1.54, 1.807) is 4.90 Å². The Hall–Kier alpha value is -2.25. The summed E-state index contributed by atoms with van der Waals surface area (Å²) in [5.74, 6) is -0.723. The van der Waals surface area contributed by atoms with Gasteiger partial charge in [-0.25, -0.2) is 0 Å². The summed E-state index contributed by atoms with van der Waals surface area (Å²) in [6, 6.07) is 7.44. The third-order valence-corrected chi connectivity index (χ3v) is 7.09. The van der Waals surface area contributed by atoms with Gasteiger partial charge < -0.3 is 10.2 Å². The molecule has 0 aromatic heterocycles. The molecule has 1 aromatic carbocycles. The number of amides is 3. The van der Waals surface area contributed by atoms with Crippen molar-refractivity contribution in [2.45, 2.75) is 75.8 Å². The molecule has 0 radical (unpaired) electrons. The number of fused-ring (bicyclic) bond motifs is 3. The van der Waals surface area contributed by atoms with Crippen LogP contribution in [0.5, 0.6) is 0 Å². The Balaban J connectivity index is 1.27. The summed E-state index contributed by atoms with van der Waals surface area (Å²) in [7, 11) is 2.20. The molecule has 2 N–H and O–H groups in total. The molecule has 7 nitrogen and oxygen atoms in total. The molecule has 4 aliphatic heterocycles. The Morgan fingerprint density at radius 2 is 1.86 bits per heavy atom. The van der Waals surface area contributed by atoms with Crippen LogP contribution in [0.2, 0.25) is 0 Å². The lowest BCUT2D eigenvalue weighted by Gasteiger charge is -2.35. The third-order valence-electron chi connectivity index (χ3n) is 7.09. The lowest BCUT2D eigenvalue weighted by atomic mass is 9.97. The number of rotatable bonds is 4. The first kappa shape index (κ1) is 18.8. The van der Waals surface area contributed by atoms with Gasteiger partial charge in [-0.3, -0.25) is 24.6 Å². The predicted octanol–water partition coefficient (Wildman–Crippen LogP) is 1.16. The molecule has 3 amide bonds. The summed E-state index contributed by atoms with van der Waals surface area (Å²) in [5.41, 5.74) is 2.87. The van der Waals surface area contributed by atoms with E-state index in [1.807, 2.05) is 12.1 Å². The molecule has 0 saturated carbocycles. The van der Waals surface area contributed by atoms with Gasteiger partial charge in [0.25, 0.3) is 5.91 Å². The van der Waals surface area contributed by atoms with Crippen LogP contribution >= 0.6 is 0 Å². The molecule has 154 valence electrons. The second kappa shape index (κ2) is 7.22. The quantitative estimate of drug-likeness (QED) is 0.747. The Labute approximate surface area is 170 Å². The highest BCUT2D eigenvalue weighted by Crippen LogP contribution is 2.31. The molecule has 5 rings (SSSR count). The zero-order valence-electron chi connectivity index (χ0n) is 16.8. The first-order valence-corrected chi connectivity index (χ1v) is 10.7. The average molecular weight is 396 g/mol. The molecule has 4 aliphatic rings. The van der Waals surface area contributed by atoms with E-state index >= 15 is 0 Å². The smallest absolute Gasteiger partial charge is 0.255 e. The van der Waals surface area contributed by atoms with Gasteiger partial charge in [-0.15, -0.1) is 0 Å². The molecule has 2 bridgehead atoms. The fourth-order valence-electron chi connectivity index (χ4n) is 5.53. The van der Waals surface area contributed by atoms with Crippen LogP contribution in [0.1, 0.15) is 60.0 Å². The van der Waals surface area contributed by atoms with Gasteiger partial charge in [0, 0.05) is 43.2 Å². The number of hydrogen-bond acceptors (Lipinski definition) is 5. The molecule has 3 saturated heterocycles. The van der Waals surface area contributed by atoms with Crippen molar-refractivity contribution in [3.63, 3.8) is 0 Å². The molecular formula is C22H28N4O3. The number of nitrogens with zero attached hydrogens (tertiary/aromatic N) is 2. The van der Waals surface area contributed by atoms with Crippen LogP contribution in [0, 0.1) is 0 Å². The van der Waals surface area contributed by atoms with E-state index in [-0.39, 0.29) is 24.1 Å². The monoisotopic (exact) mass is 396 g/mol. The third kappa shape index (κ3) is 3.46. The van der Waals surface area contributed by atoms with Crippen molar-refractivity contribution in [3.05, 3.63) is 34.9 Å². The summed E-state index contributed by atoms with van der Waals surface area (Å²) in [6.45, 7) is 1.31. The lowest BCUT2D eigenvalue weighted by Crippen LogP contribution is -2.52. The van der Waals surface area contributed by atoms with Crippen LogP contribution in [-0.4, -0.2) is 58.7 Å². The predicted molar refractivity (Wildman–Crippen MR) is 107 cm³/mol. The molecule has 0 spiro atoms. The summed E-state index contributed by atoms with van der Waals surface area (Å²) in [4.78, 5) is 40.5. The molecule has 4 heterocycles. The molecule has 3 unspecified atom stereocenters. The van der Waals surface area contributed by atoms with Gasteiger partial charge in [-0.2, -0.15) is 0 Å². The zero-order valence-corrected chi connectivity index (χ0v) is 16.8. The second-order valence-electron chi connectivity index (χ2n) is 9.07. The van der Waals surface area contributed by atoms with Crippen LogP contribution in [-0.2, 0) is 22.7 Å². The normalized spacial score (nSPS) is 31.4. The van der Waals surface area contributed by atoms with E-state index in [1.165, 1.54) is 31.2 Å². The summed E-state index contributed by atoms with van der Waals surface area (Å²) in [6.07, 6.45) is 5.70. The molecule has 3 atom stereocenters. The van der Waals surface area contributed by atoms with Crippen LogP contribution in [0.3, 0.4) is 0 Å². The number of imide groups is 1. The minimum Gasteiger partial charge on any atom is -0.322 e. The maximum absolute atomic E-state index is 12.8. The number of piperidine rings is 2. The number of benzene rings is 1. The van der Waals surface area contributed by atoms with E-state index in [0.717, 1.165) is 12.1 Å². The first-order valence-electron chi connectivity index (χ1n) is 10.7. The van der Waals surface area contributed by atoms with E-state index in [2.05, 4.69) is 28.6 Å². The highest BCUT2D eigenvalue weighted by Gasteiger charge is 2.39. The summed E-state index contributed by atoms with van der Waals surface area (Å²) < 4.78 is 0. The number of carbonyl (C=O) groups is 3. The van der Waals surface area contributed by atoms with Crippen LogP contribution in [0.15, 0.2) is 18.2 Å². The van der Waals surface area contributed by atoms with Crippen LogP contribution < -0.4 is 10.6 Å². The topological polar surface area (TPSA) is 81.8 Å². The van der Waals surface area contributed by atoms with Gasteiger partial charge in [0.05, 0.1) is 0 Å². The maximum Gasteiger partial charge on any atom is 0.255 e. The second-order valence-corrected chi connectivity index (χ2v) is 9.07. The number of carbonyl (C=O) groups excluding carboxylic acids is 3. The van der Waals surface area contributed by atoms with E-state index < -0.39 is 6.04 Å². The molecule has 1 aromatic rings. The van der Waals surface area contributed by atoms with E-state index in [4.69, 9.17) is 0 Å². The first-order chi connectivity index (χ1) is 14.0. The van der Waals surface area contributed by atoms with E-state index in [9.17, 15) is 14.4 Å². The van der Waals surface area contributed by atoms with Crippen molar-refractivity contribution in [2.75, 3.05) is 7.05 Å². The lowest BCUT2D eigenvalue weighted by molar-refractivity contribution is -0.136. The van der Waals surface area contributed by atoms with Crippen LogP contribution in [0.4, 0.5) is 0 Å². The highest BCUT2D eigenvalue weighted by atomic mass is 16.2. The van der Waals surface area contributed by atoms with Crippen molar-refractivity contribution < 1.29 is 14.4 Å². The van der Waals surface area contributed by atoms with Crippen molar-refractivity contribution in [1.29, 1.82) is 0 Å². The average Bonchev–Trinajstić information content (AvgIpc) is 3.20. The largest absolute Gasteiger partial charge is 0.322 e. The molecular weight excluding hydrogens is 368 g/mol. The molecule has 0 aliphatic carbocycles. The Kier molecular flexibility index (Phi) is 4.67. The van der Waals surface area contributed by atoms with E-state index in [0.29, 0.717) is 36.7 Å². The molecule has 7 heteroatoms. The standard InChI is InChI=1S/C22H28N4O3/c1-25(17-9-15-3-4-16(10-17)23-15)11-13-2-5-18-14(8-13)12-26(22(18)29)19-6-7-20(27)24-21(19)28/h2,5,8,15-17,19,23H,3-4,6-7,9-12H2,1H3,(H,24,27,28).